The summed E-state index contributed by atoms with van der Waals surface area (Å²) in [4.78, 5) is 4.99. The van der Waals surface area contributed by atoms with Crippen LogP contribution in [0.1, 0.15) is 91.5 Å². The van der Waals surface area contributed by atoms with Crippen LogP contribution in [-0.4, -0.2) is 17.9 Å². The van der Waals surface area contributed by atoms with Crippen molar-refractivity contribution in [2.45, 2.75) is 91.6 Å². The zero-order chi connectivity index (χ0) is 20.6. The molecule has 3 rings (SSSR count). The van der Waals surface area contributed by atoms with Gasteiger partial charge in [0.05, 0.1) is 5.60 Å². The van der Waals surface area contributed by atoms with E-state index < -0.39 is 0 Å². The third kappa shape index (κ3) is 6.19. The van der Waals surface area contributed by atoms with Crippen molar-refractivity contribution in [2.75, 3.05) is 6.61 Å². The van der Waals surface area contributed by atoms with Crippen molar-refractivity contribution in [2.24, 2.45) is 10.9 Å². The molecule has 0 heterocycles. The van der Waals surface area contributed by atoms with Gasteiger partial charge in [-0.05, 0) is 57.9 Å². The molecular formula is C25H38ClNO. The fourth-order valence-corrected chi connectivity index (χ4v) is 4.00. The highest BCUT2D eigenvalue weighted by atomic mass is 35.5. The molecule has 1 saturated carbocycles. The number of aliphatic imine (C=N–C) groups is 1. The largest absolute Gasteiger partial charge is 0.374 e. The smallest absolute Gasteiger partial charge is 0.0768 e. The molecule has 0 N–H and O–H groups in total. The Hall–Kier alpha value is -1.12. The number of nitrogens with zero attached hydrogens (tertiary/aromatic N) is 1. The second-order valence-corrected chi connectivity index (χ2v) is 8.68. The maximum atomic E-state index is 6.40. The quantitative estimate of drug-likeness (QED) is 0.422. The van der Waals surface area contributed by atoms with Gasteiger partial charge in [0.2, 0.25) is 0 Å². The van der Waals surface area contributed by atoms with Gasteiger partial charge >= 0.3 is 0 Å². The number of unbranched alkanes of at least 4 members (excludes halogenated alkanes) is 1. The lowest BCUT2D eigenvalue weighted by atomic mass is 9.80. The van der Waals surface area contributed by atoms with Crippen LogP contribution in [0.2, 0.25) is 5.02 Å². The molecule has 1 aromatic rings. The lowest BCUT2D eigenvalue weighted by molar-refractivity contribution is -0.0713. The first-order valence-corrected chi connectivity index (χ1v) is 11.5. The second-order valence-electron chi connectivity index (χ2n) is 8.27. The summed E-state index contributed by atoms with van der Waals surface area (Å²) in [5, 5.41) is 0.767. The van der Waals surface area contributed by atoms with Crippen LogP contribution in [0.5, 0.6) is 0 Å². The molecule has 28 heavy (non-hydrogen) atoms. The summed E-state index contributed by atoms with van der Waals surface area (Å²) in [7, 11) is 0. The van der Waals surface area contributed by atoms with Gasteiger partial charge in [0, 0.05) is 35.0 Å². The molecule has 3 heteroatoms. The van der Waals surface area contributed by atoms with E-state index in [0.29, 0.717) is 0 Å². The van der Waals surface area contributed by atoms with E-state index in [1.807, 2.05) is 24.3 Å². The van der Waals surface area contributed by atoms with Crippen LogP contribution < -0.4 is 0 Å². The molecule has 0 amide bonds. The molecule has 1 aromatic carbocycles. The van der Waals surface area contributed by atoms with E-state index in [1.165, 1.54) is 37.0 Å². The van der Waals surface area contributed by atoms with Gasteiger partial charge in [0.25, 0.3) is 0 Å². The number of hydrogen-bond donors (Lipinski definition) is 0. The minimum absolute atomic E-state index is 0.0229. The molecule has 1 atom stereocenters. The van der Waals surface area contributed by atoms with Gasteiger partial charge in [-0.15, -0.1) is 0 Å². The summed E-state index contributed by atoms with van der Waals surface area (Å²) < 4.78 is 6.40. The Bertz CT molecular complexity index is 688. The first-order chi connectivity index (χ1) is 13.5. The van der Waals surface area contributed by atoms with Gasteiger partial charge in [-0.2, -0.15) is 0 Å². The maximum Gasteiger partial charge on any atom is 0.0768 e. The molecule has 2 aliphatic rings. The fourth-order valence-electron chi connectivity index (χ4n) is 3.72. The van der Waals surface area contributed by atoms with Crippen molar-refractivity contribution in [3.63, 3.8) is 0 Å². The van der Waals surface area contributed by atoms with Crippen LogP contribution >= 0.6 is 11.6 Å². The van der Waals surface area contributed by atoms with E-state index in [0.717, 1.165) is 54.5 Å². The van der Waals surface area contributed by atoms with Crippen LogP contribution in [0.25, 0.3) is 0 Å². The summed E-state index contributed by atoms with van der Waals surface area (Å²) in [6, 6.07) is 7.95. The lowest BCUT2D eigenvalue weighted by Crippen LogP contribution is -2.38. The van der Waals surface area contributed by atoms with Crippen LogP contribution in [0, 0.1) is 5.92 Å². The van der Waals surface area contributed by atoms with Gasteiger partial charge in [-0.3, -0.25) is 4.99 Å². The van der Waals surface area contributed by atoms with E-state index >= 15 is 0 Å². The fraction of sp³-hybridized carbons (Fsp3) is 0.640. The van der Waals surface area contributed by atoms with Gasteiger partial charge in [0.1, 0.15) is 0 Å². The Morgan fingerprint density at radius 1 is 1.14 bits per heavy atom. The highest BCUT2D eigenvalue weighted by Crippen LogP contribution is 2.51. The highest BCUT2D eigenvalue weighted by Gasteiger charge is 2.48. The standard InChI is InChI=1S/C21H28ClNO.C4H10/c1-4-13-24-21(17-9-10-17)12-11-15(2)20(14-21)23-16(3)18-7-5-6-8-19(18)22;1-3-4-2/h5-8,17H,4,9-14H2,1-3H3;3-4H2,1-2H3. The molecule has 1 unspecified atom stereocenters. The summed E-state index contributed by atoms with van der Waals surface area (Å²) >= 11 is 6.34. The lowest BCUT2D eigenvalue weighted by Gasteiger charge is -2.38. The van der Waals surface area contributed by atoms with E-state index in [2.05, 4.69) is 34.6 Å². The highest BCUT2D eigenvalue weighted by molar-refractivity contribution is 6.34. The number of benzene rings is 1. The van der Waals surface area contributed by atoms with Crippen molar-refractivity contribution in [1.29, 1.82) is 0 Å². The SMILES string of the molecule is CCCC.CCCOC1(C2CC2)CCC(C)=C(N=C(C)c2ccccc2Cl)C1. The molecule has 2 aliphatic carbocycles. The number of hydrogen-bond acceptors (Lipinski definition) is 2. The molecular weight excluding hydrogens is 366 g/mol. The maximum absolute atomic E-state index is 6.40. The van der Waals surface area contributed by atoms with Crippen LogP contribution in [0.3, 0.4) is 0 Å². The Morgan fingerprint density at radius 3 is 2.39 bits per heavy atom. The predicted molar refractivity (Wildman–Crippen MR) is 122 cm³/mol. The van der Waals surface area contributed by atoms with Gasteiger partial charge in [-0.25, -0.2) is 0 Å². The third-order valence-electron chi connectivity index (χ3n) is 5.86. The Morgan fingerprint density at radius 2 is 1.82 bits per heavy atom. The van der Waals surface area contributed by atoms with E-state index in [-0.39, 0.29) is 5.60 Å². The normalized spacial score (nSPS) is 22.7. The van der Waals surface area contributed by atoms with Crippen molar-refractivity contribution >= 4 is 17.3 Å². The van der Waals surface area contributed by atoms with Gasteiger partial charge in [-0.1, -0.05) is 69.0 Å². The van der Waals surface area contributed by atoms with E-state index in [4.69, 9.17) is 21.3 Å². The molecule has 156 valence electrons. The Kier molecular flexibility index (Phi) is 9.24. The average molecular weight is 404 g/mol. The van der Waals surface area contributed by atoms with Crippen molar-refractivity contribution in [1.82, 2.24) is 0 Å². The second kappa shape index (κ2) is 11.2. The van der Waals surface area contributed by atoms with E-state index in [1.54, 1.807) is 0 Å². The predicted octanol–water partition coefficient (Wildman–Crippen LogP) is 7.99. The molecule has 0 spiro atoms. The monoisotopic (exact) mass is 403 g/mol. The molecule has 0 radical (unpaired) electrons. The molecule has 2 nitrogen and oxygen atoms in total. The summed E-state index contributed by atoms with van der Waals surface area (Å²) in [5.74, 6) is 0.725. The topological polar surface area (TPSA) is 21.6 Å². The van der Waals surface area contributed by atoms with Crippen LogP contribution in [0.15, 0.2) is 40.5 Å². The third-order valence-corrected chi connectivity index (χ3v) is 6.19. The number of halogens is 1. The number of rotatable bonds is 7. The zero-order valence-corrected chi connectivity index (χ0v) is 19.2. The van der Waals surface area contributed by atoms with E-state index in [9.17, 15) is 0 Å². The first-order valence-electron chi connectivity index (χ1n) is 11.1. The summed E-state index contributed by atoms with van der Waals surface area (Å²) in [5.41, 5.74) is 4.66. The van der Waals surface area contributed by atoms with Crippen molar-refractivity contribution in [3.8, 4) is 0 Å². The van der Waals surface area contributed by atoms with Crippen molar-refractivity contribution in [3.05, 3.63) is 46.1 Å². The molecule has 0 aromatic heterocycles. The molecule has 0 aliphatic heterocycles. The average Bonchev–Trinajstić information content (AvgIpc) is 3.55. The van der Waals surface area contributed by atoms with Crippen LogP contribution in [-0.2, 0) is 4.74 Å². The van der Waals surface area contributed by atoms with Gasteiger partial charge < -0.3 is 4.74 Å². The summed E-state index contributed by atoms with van der Waals surface area (Å²) in [6.07, 6.45) is 9.52. The molecule has 1 fully saturated rings. The molecule has 0 bridgehead atoms. The summed E-state index contributed by atoms with van der Waals surface area (Å²) in [6.45, 7) is 11.7. The van der Waals surface area contributed by atoms with Crippen molar-refractivity contribution < 1.29 is 4.74 Å². The minimum Gasteiger partial charge on any atom is -0.374 e. The zero-order valence-electron chi connectivity index (χ0n) is 18.5. The minimum atomic E-state index is 0.0229. The Balaban J connectivity index is 0.000000640. The van der Waals surface area contributed by atoms with Gasteiger partial charge in [0.15, 0.2) is 0 Å². The Labute approximate surface area is 177 Å². The molecule has 0 saturated heterocycles. The number of ether oxygens (including phenoxy) is 1. The first kappa shape index (κ1) is 23.2. The van der Waals surface area contributed by atoms with Crippen LogP contribution in [0.4, 0.5) is 0 Å². The number of allylic oxidation sites excluding steroid dienone is 1.